The molecule has 0 aliphatic rings. The average molecular weight is 362 g/mol. The summed E-state index contributed by atoms with van der Waals surface area (Å²) in [5.41, 5.74) is 6.54. The highest BCUT2D eigenvalue weighted by Gasteiger charge is 2.22. The van der Waals surface area contributed by atoms with Gasteiger partial charge in [-0.15, -0.1) is 11.3 Å². The minimum Gasteiger partial charge on any atom is -0.371 e. The topological polar surface area (TPSA) is 103 Å². The van der Waals surface area contributed by atoms with Gasteiger partial charge in [-0.3, -0.25) is 9.55 Å². The van der Waals surface area contributed by atoms with Gasteiger partial charge in [-0.1, -0.05) is 11.8 Å². The van der Waals surface area contributed by atoms with Crippen LogP contribution in [0.4, 0.5) is 5.95 Å². The van der Waals surface area contributed by atoms with Crippen LogP contribution in [0, 0.1) is 11.8 Å². The van der Waals surface area contributed by atoms with Gasteiger partial charge in [-0.05, 0) is 19.1 Å². The lowest BCUT2D eigenvalue weighted by Crippen LogP contribution is -2.17. The minimum absolute atomic E-state index is 0.209. The first-order valence-corrected chi connectivity index (χ1v) is 8.61. The second kappa shape index (κ2) is 6.22. The van der Waals surface area contributed by atoms with Crippen molar-refractivity contribution < 1.29 is 5.11 Å². The summed E-state index contributed by atoms with van der Waals surface area (Å²) < 4.78 is 1.87. The van der Waals surface area contributed by atoms with Gasteiger partial charge in [0, 0.05) is 41.1 Å². The fourth-order valence-electron chi connectivity index (χ4n) is 2.48. The van der Waals surface area contributed by atoms with Crippen LogP contribution < -0.4 is 5.73 Å². The van der Waals surface area contributed by atoms with E-state index in [0.717, 1.165) is 11.1 Å². The molecule has 0 aliphatic heterocycles. The van der Waals surface area contributed by atoms with E-state index in [1.54, 1.807) is 37.1 Å². The molecule has 26 heavy (non-hydrogen) atoms. The highest BCUT2D eigenvalue weighted by molar-refractivity contribution is 7.09. The summed E-state index contributed by atoms with van der Waals surface area (Å²) >= 11 is 1.36. The number of fused-ring (bicyclic) bond motifs is 1. The zero-order chi connectivity index (χ0) is 18.1. The van der Waals surface area contributed by atoms with Crippen molar-refractivity contribution in [3.05, 3.63) is 59.1 Å². The van der Waals surface area contributed by atoms with Gasteiger partial charge in [-0.2, -0.15) is 4.98 Å². The van der Waals surface area contributed by atoms with E-state index in [2.05, 4.69) is 31.8 Å². The normalized spacial score (nSPS) is 13.2. The van der Waals surface area contributed by atoms with Crippen LogP contribution in [0.2, 0.25) is 0 Å². The van der Waals surface area contributed by atoms with E-state index in [1.165, 1.54) is 11.3 Å². The summed E-state index contributed by atoms with van der Waals surface area (Å²) in [6, 6.07) is 3.77. The van der Waals surface area contributed by atoms with Gasteiger partial charge < -0.3 is 10.8 Å². The number of nitrogens with two attached hydrogens (primary N) is 1. The number of aromatic nitrogens is 5. The molecule has 0 radical (unpaired) electrons. The zero-order valence-electron chi connectivity index (χ0n) is 13.8. The number of nitrogen functional groups attached to an aromatic ring is 1. The molecule has 4 rings (SSSR count). The molecule has 4 aromatic rings. The maximum Gasteiger partial charge on any atom is 0.221 e. The van der Waals surface area contributed by atoms with Crippen LogP contribution in [0.3, 0.4) is 0 Å². The van der Waals surface area contributed by atoms with Crippen molar-refractivity contribution in [1.82, 2.24) is 24.5 Å². The van der Waals surface area contributed by atoms with E-state index in [1.807, 2.05) is 22.9 Å². The Balaban J connectivity index is 1.72. The Morgan fingerprint density at radius 3 is 2.96 bits per heavy atom. The standard InChI is InChI=1S/C18H14N6OS/c1-18(25,16-21-5-7-26-16)4-2-12-8-14(11-20-9-12)24-6-3-13-10-22-17(19)23-15(13)24/h3,5-11,25H,1H3,(H2,19,22,23). The molecule has 3 N–H and O–H groups in total. The molecule has 0 saturated heterocycles. The van der Waals surface area contributed by atoms with Crippen LogP contribution in [0.15, 0.2) is 48.5 Å². The maximum absolute atomic E-state index is 10.5. The van der Waals surface area contributed by atoms with E-state index < -0.39 is 5.60 Å². The van der Waals surface area contributed by atoms with Gasteiger partial charge >= 0.3 is 0 Å². The number of aliphatic hydroxyl groups is 1. The molecular weight excluding hydrogens is 348 g/mol. The van der Waals surface area contributed by atoms with Crippen molar-refractivity contribution in [3.8, 4) is 17.5 Å². The third-order valence-corrected chi connectivity index (χ3v) is 4.73. The van der Waals surface area contributed by atoms with Crippen LogP contribution in [0.25, 0.3) is 16.7 Å². The molecule has 0 aromatic carbocycles. The molecule has 4 aromatic heterocycles. The molecule has 1 atom stereocenters. The first-order chi connectivity index (χ1) is 12.5. The van der Waals surface area contributed by atoms with E-state index in [0.29, 0.717) is 16.2 Å². The fourth-order valence-corrected chi connectivity index (χ4v) is 3.13. The summed E-state index contributed by atoms with van der Waals surface area (Å²) in [5, 5.41) is 13.7. The second-order valence-electron chi connectivity index (χ2n) is 5.78. The van der Waals surface area contributed by atoms with Gasteiger partial charge in [0.1, 0.15) is 10.7 Å². The van der Waals surface area contributed by atoms with Crippen LogP contribution in [0.1, 0.15) is 17.5 Å². The summed E-state index contributed by atoms with van der Waals surface area (Å²) in [6.07, 6.45) is 8.55. The minimum atomic E-state index is -1.31. The summed E-state index contributed by atoms with van der Waals surface area (Å²) in [6.45, 7) is 1.62. The molecular formula is C18H14N6OS. The molecule has 1 unspecified atom stereocenters. The molecule has 0 saturated carbocycles. The lowest BCUT2D eigenvalue weighted by Gasteiger charge is -2.12. The molecule has 0 amide bonds. The Labute approximate surface area is 153 Å². The first-order valence-electron chi connectivity index (χ1n) is 7.73. The fraction of sp³-hybridized carbons (Fsp3) is 0.111. The summed E-state index contributed by atoms with van der Waals surface area (Å²) in [5.74, 6) is 6.03. The van der Waals surface area contributed by atoms with Gasteiger partial charge in [0.2, 0.25) is 5.95 Å². The molecule has 128 valence electrons. The van der Waals surface area contributed by atoms with Gasteiger partial charge in [0.05, 0.1) is 11.9 Å². The number of anilines is 1. The zero-order valence-corrected chi connectivity index (χ0v) is 14.6. The van der Waals surface area contributed by atoms with Crippen molar-refractivity contribution in [2.75, 3.05) is 5.73 Å². The largest absolute Gasteiger partial charge is 0.371 e. The second-order valence-corrected chi connectivity index (χ2v) is 6.68. The van der Waals surface area contributed by atoms with Crippen molar-refractivity contribution >= 4 is 28.3 Å². The number of nitrogens with zero attached hydrogens (tertiary/aromatic N) is 5. The number of rotatable bonds is 2. The molecule has 0 fully saturated rings. The maximum atomic E-state index is 10.5. The smallest absolute Gasteiger partial charge is 0.221 e. The quantitative estimate of drug-likeness (QED) is 0.530. The van der Waals surface area contributed by atoms with Crippen molar-refractivity contribution in [1.29, 1.82) is 0 Å². The third-order valence-electron chi connectivity index (χ3n) is 3.75. The number of hydrogen-bond acceptors (Lipinski definition) is 7. The highest BCUT2D eigenvalue weighted by Crippen LogP contribution is 2.22. The summed E-state index contributed by atoms with van der Waals surface area (Å²) in [7, 11) is 0. The Kier molecular flexibility index (Phi) is 3.88. The number of hydrogen-bond donors (Lipinski definition) is 2. The summed E-state index contributed by atoms with van der Waals surface area (Å²) in [4.78, 5) is 16.6. The van der Waals surface area contributed by atoms with Crippen LogP contribution in [-0.2, 0) is 5.60 Å². The Hall–Kier alpha value is -3.28. The molecule has 4 heterocycles. The predicted octanol–water partition coefficient (Wildman–Crippen LogP) is 2.11. The van der Waals surface area contributed by atoms with Gasteiger partial charge in [-0.25, -0.2) is 9.97 Å². The molecule has 7 nitrogen and oxygen atoms in total. The molecule has 0 spiro atoms. The Bertz CT molecular complexity index is 1140. The van der Waals surface area contributed by atoms with E-state index in [-0.39, 0.29) is 5.95 Å². The lowest BCUT2D eigenvalue weighted by atomic mass is 10.1. The Morgan fingerprint density at radius 1 is 1.27 bits per heavy atom. The molecule has 0 aliphatic carbocycles. The third kappa shape index (κ3) is 3.01. The predicted molar refractivity (Wildman–Crippen MR) is 99.6 cm³/mol. The Morgan fingerprint density at radius 2 is 2.15 bits per heavy atom. The van der Waals surface area contributed by atoms with Crippen molar-refractivity contribution in [2.24, 2.45) is 0 Å². The first kappa shape index (κ1) is 16.2. The van der Waals surface area contributed by atoms with E-state index >= 15 is 0 Å². The van der Waals surface area contributed by atoms with Crippen molar-refractivity contribution in [2.45, 2.75) is 12.5 Å². The van der Waals surface area contributed by atoms with Crippen LogP contribution in [0.5, 0.6) is 0 Å². The highest BCUT2D eigenvalue weighted by atomic mass is 32.1. The van der Waals surface area contributed by atoms with E-state index in [4.69, 9.17) is 5.73 Å². The average Bonchev–Trinajstić information content (AvgIpc) is 3.30. The lowest BCUT2D eigenvalue weighted by molar-refractivity contribution is 0.122. The number of pyridine rings is 1. The van der Waals surface area contributed by atoms with Crippen LogP contribution >= 0.6 is 11.3 Å². The SMILES string of the molecule is CC(O)(C#Cc1cncc(-n2ccc3cnc(N)nc32)c1)c1nccs1. The molecule has 8 heteroatoms. The van der Waals surface area contributed by atoms with E-state index in [9.17, 15) is 5.11 Å². The molecule has 0 bridgehead atoms. The van der Waals surface area contributed by atoms with Crippen molar-refractivity contribution in [3.63, 3.8) is 0 Å². The number of thiazole rings is 1. The van der Waals surface area contributed by atoms with Crippen LogP contribution in [-0.4, -0.2) is 29.6 Å². The van der Waals surface area contributed by atoms with Gasteiger partial charge in [0.25, 0.3) is 0 Å². The monoisotopic (exact) mass is 362 g/mol. The van der Waals surface area contributed by atoms with Gasteiger partial charge in [0.15, 0.2) is 5.60 Å².